The van der Waals surface area contributed by atoms with Gasteiger partial charge in [-0.05, 0) is 84.0 Å². The summed E-state index contributed by atoms with van der Waals surface area (Å²) in [4.78, 5) is 26.2. The van der Waals surface area contributed by atoms with Crippen molar-refractivity contribution in [2.24, 2.45) is 0 Å². The van der Waals surface area contributed by atoms with E-state index in [4.69, 9.17) is 47.4 Å². The van der Waals surface area contributed by atoms with Crippen LogP contribution in [0.4, 0.5) is 0 Å². The fourth-order valence-electron chi connectivity index (χ4n) is 9.77. The van der Waals surface area contributed by atoms with Crippen LogP contribution in [-0.4, -0.2) is 131 Å². The molecule has 14 nitrogen and oxygen atoms in total. The molecule has 0 aliphatic carbocycles. The van der Waals surface area contributed by atoms with Gasteiger partial charge in [-0.3, -0.25) is 9.59 Å². The number of likely N-dealkylation sites (N-methyl/N-ethyl adjacent to an activating group) is 2. The molecule has 6 rings (SSSR count). The second-order valence-electron chi connectivity index (χ2n) is 18.1. The summed E-state index contributed by atoms with van der Waals surface area (Å²) < 4.78 is 58.1. The van der Waals surface area contributed by atoms with Gasteiger partial charge in [-0.2, -0.15) is 0 Å². The largest absolute Gasteiger partial charge is 0.493 e. The number of unbranched alkanes of at least 4 members (excludes halogenated alkanes) is 2. The predicted molar refractivity (Wildman–Crippen MR) is 255 cm³/mol. The topological polar surface area (TPSA) is 126 Å². The molecule has 67 heavy (non-hydrogen) atoms. The molecule has 0 N–H and O–H groups in total. The summed E-state index contributed by atoms with van der Waals surface area (Å²) in [6, 6.07) is 18.3. The maximum Gasteiger partial charge on any atom is 0.311 e. The molecular weight excluding hydrogens is 857 g/mol. The van der Waals surface area contributed by atoms with Gasteiger partial charge in [0.2, 0.25) is 0 Å². The van der Waals surface area contributed by atoms with Crippen LogP contribution in [0.25, 0.3) is 0 Å². The molecule has 3 atom stereocenters. The van der Waals surface area contributed by atoms with E-state index >= 15 is 0 Å². The standard InChI is InChI=1S/C53H72N2O12/c1-54(22-18-39-33-50(64-9)53(65-10)41(42(39)35-54)28-36-14-16-44(58-3)46(30-36)60-5)23-20-51(56)66-26-12-11-13-27-67-52(57)21-25-55(2)24-19-38-32-48(62-7)49(63-8)34-40(38)43(55)29-37-15-17-45(59-4)47(31-37)61-6/h14-17,30-34,43H,11-13,18-29,35H2,1-10H3/q+2/t43-,54?,55?/m1/s1. The molecule has 4 aromatic rings. The number of hydrogen-bond donors (Lipinski definition) is 0. The first-order valence-corrected chi connectivity index (χ1v) is 23.3. The molecule has 2 unspecified atom stereocenters. The lowest BCUT2D eigenvalue weighted by molar-refractivity contribution is -0.940. The van der Waals surface area contributed by atoms with Gasteiger partial charge in [0.15, 0.2) is 46.0 Å². The summed E-state index contributed by atoms with van der Waals surface area (Å²) in [5.41, 5.74) is 8.10. The van der Waals surface area contributed by atoms with Crippen LogP contribution >= 0.6 is 0 Å². The molecule has 14 heteroatoms. The Kier molecular flexibility index (Phi) is 17.5. The van der Waals surface area contributed by atoms with Gasteiger partial charge in [0.25, 0.3) is 0 Å². The third kappa shape index (κ3) is 12.2. The van der Waals surface area contributed by atoms with E-state index in [1.54, 1.807) is 56.9 Å². The Hall–Kier alpha value is -5.86. The van der Waals surface area contributed by atoms with Crippen molar-refractivity contribution in [3.63, 3.8) is 0 Å². The van der Waals surface area contributed by atoms with Gasteiger partial charge in [-0.25, -0.2) is 0 Å². The Morgan fingerprint density at radius 1 is 0.552 bits per heavy atom. The highest BCUT2D eigenvalue weighted by Gasteiger charge is 2.41. The van der Waals surface area contributed by atoms with Crippen LogP contribution in [0.3, 0.4) is 0 Å². The van der Waals surface area contributed by atoms with Crippen LogP contribution in [0.15, 0.2) is 54.6 Å². The van der Waals surface area contributed by atoms with E-state index < -0.39 is 0 Å². The molecule has 2 heterocycles. The van der Waals surface area contributed by atoms with Crippen LogP contribution in [0.1, 0.15) is 77.1 Å². The minimum absolute atomic E-state index is 0.0427. The Morgan fingerprint density at radius 2 is 1.07 bits per heavy atom. The summed E-state index contributed by atoms with van der Waals surface area (Å²) in [6.45, 7) is 4.43. The minimum atomic E-state index is -0.212. The zero-order chi connectivity index (χ0) is 48.1. The number of ether oxygens (including phenoxy) is 10. The lowest BCUT2D eigenvalue weighted by Gasteiger charge is -2.46. The van der Waals surface area contributed by atoms with Crippen molar-refractivity contribution in [3.8, 4) is 46.0 Å². The molecule has 0 spiro atoms. The molecule has 4 aromatic carbocycles. The van der Waals surface area contributed by atoms with Gasteiger partial charge in [-0.15, -0.1) is 0 Å². The van der Waals surface area contributed by atoms with Crippen molar-refractivity contribution >= 4 is 11.9 Å². The first-order chi connectivity index (χ1) is 32.3. The number of esters is 2. The van der Waals surface area contributed by atoms with Crippen molar-refractivity contribution in [2.75, 3.05) is 110 Å². The molecule has 0 saturated heterocycles. The van der Waals surface area contributed by atoms with Gasteiger partial charge in [0.1, 0.15) is 12.6 Å². The predicted octanol–water partition coefficient (Wildman–Crippen LogP) is 7.87. The number of carbonyl (C=O) groups excluding carboxylic acids is 2. The fourth-order valence-corrected chi connectivity index (χ4v) is 9.77. The van der Waals surface area contributed by atoms with Crippen molar-refractivity contribution in [1.82, 2.24) is 0 Å². The van der Waals surface area contributed by atoms with E-state index in [-0.39, 0.29) is 18.0 Å². The molecule has 0 amide bonds. The highest BCUT2D eigenvalue weighted by atomic mass is 16.5. The Morgan fingerprint density at radius 3 is 1.67 bits per heavy atom. The summed E-state index contributed by atoms with van der Waals surface area (Å²) in [5, 5.41) is 0. The van der Waals surface area contributed by atoms with Crippen LogP contribution in [0.5, 0.6) is 46.0 Å². The zero-order valence-corrected chi connectivity index (χ0v) is 41.4. The SMILES string of the molecule is COc1ccc(Cc2c3c(cc(OC)c2OC)CC[N+](C)(CCC(=O)OCCCCCOC(=O)CC[N+]2(C)CCc4cc(OC)c(OC)cc4[C@H]2Cc2ccc(OC)c(OC)c2)C3)cc1OC. The second-order valence-corrected chi connectivity index (χ2v) is 18.1. The molecular formula is C53H72N2O12+2. The molecule has 2 aliphatic heterocycles. The zero-order valence-electron chi connectivity index (χ0n) is 41.4. The van der Waals surface area contributed by atoms with E-state index in [0.717, 1.165) is 67.8 Å². The van der Waals surface area contributed by atoms with Crippen molar-refractivity contribution in [1.29, 1.82) is 0 Å². The Bertz CT molecular complexity index is 2330. The smallest absolute Gasteiger partial charge is 0.311 e. The van der Waals surface area contributed by atoms with Crippen molar-refractivity contribution < 1.29 is 65.9 Å². The van der Waals surface area contributed by atoms with Gasteiger partial charge >= 0.3 is 11.9 Å². The summed E-state index contributed by atoms with van der Waals surface area (Å²) in [7, 11) is 17.6. The number of fused-ring (bicyclic) bond motifs is 2. The molecule has 0 aromatic heterocycles. The lowest BCUT2D eigenvalue weighted by Crippen LogP contribution is -2.53. The molecule has 0 fully saturated rings. The number of carbonyl (C=O) groups is 2. The van der Waals surface area contributed by atoms with Crippen molar-refractivity contribution in [2.45, 2.75) is 70.4 Å². The molecule has 364 valence electrons. The number of quaternary nitrogens is 2. The first-order valence-electron chi connectivity index (χ1n) is 23.3. The number of rotatable bonds is 24. The Labute approximate surface area is 397 Å². The molecule has 0 radical (unpaired) electrons. The minimum Gasteiger partial charge on any atom is -0.493 e. The van der Waals surface area contributed by atoms with Gasteiger partial charge in [0, 0.05) is 42.4 Å². The third-order valence-electron chi connectivity index (χ3n) is 13.8. The quantitative estimate of drug-likeness (QED) is 0.0386. The third-order valence-corrected chi connectivity index (χ3v) is 13.8. The number of nitrogens with zero attached hydrogens (tertiary/aromatic N) is 2. The lowest BCUT2D eigenvalue weighted by atomic mass is 9.86. The monoisotopic (exact) mass is 929 g/mol. The van der Waals surface area contributed by atoms with Gasteiger partial charge in [0.05, 0.1) is 123 Å². The average Bonchev–Trinajstić information content (AvgIpc) is 3.35. The van der Waals surface area contributed by atoms with Crippen molar-refractivity contribution in [3.05, 3.63) is 93.5 Å². The van der Waals surface area contributed by atoms with E-state index in [9.17, 15) is 9.59 Å². The maximum atomic E-state index is 13.2. The van der Waals surface area contributed by atoms with Crippen LogP contribution in [-0.2, 0) is 51.3 Å². The van der Waals surface area contributed by atoms with Crippen LogP contribution < -0.4 is 37.9 Å². The van der Waals surface area contributed by atoms with Gasteiger partial charge in [-0.1, -0.05) is 12.1 Å². The second kappa shape index (κ2) is 23.2. The Balaban J connectivity index is 0.962. The first kappa shape index (κ1) is 50.6. The number of hydrogen-bond acceptors (Lipinski definition) is 12. The normalized spacial score (nSPS) is 18.4. The molecule has 2 aliphatic rings. The molecule has 0 bridgehead atoms. The number of benzene rings is 4. The molecule has 0 saturated carbocycles. The van der Waals surface area contributed by atoms with E-state index in [2.05, 4.69) is 38.4 Å². The summed E-state index contributed by atoms with van der Waals surface area (Å²) in [6.07, 6.45) is 5.83. The highest BCUT2D eigenvalue weighted by Crippen LogP contribution is 2.44. The van der Waals surface area contributed by atoms with Crippen LogP contribution in [0.2, 0.25) is 0 Å². The highest BCUT2D eigenvalue weighted by molar-refractivity contribution is 5.70. The maximum absolute atomic E-state index is 13.2. The average molecular weight is 929 g/mol. The number of methoxy groups -OCH3 is 8. The fraction of sp³-hybridized carbons (Fsp3) is 0.509. The van der Waals surface area contributed by atoms with E-state index in [1.165, 1.54) is 22.3 Å². The van der Waals surface area contributed by atoms with Gasteiger partial charge < -0.3 is 56.3 Å². The van der Waals surface area contributed by atoms with E-state index in [0.29, 0.717) is 108 Å². The van der Waals surface area contributed by atoms with E-state index in [1.807, 2.05) is 30.3 Å². The summed E-state index contributed by atoms with van der Waals surface area (Å²) in [5.74, 6) is 5.12. The van der Waals surface area contributed by atoms with Crippen LogP contribution in [0, 0.1) is 0 Å². The summed E-state index contributed by atoms with van der Waals surface area (Å²) >= 11 is 0.